The summed E-state index contributed by atoms with van der Waals surface area (Å²) < 4.78 is 0. The number of amides is 1. The number of benzene rings is 1. The fourth-order valence-corrected chi connectivity index (χ4v) is 3.35. The van der Waals surface area contributed by atoms with Gasteiger partial charge in [0.2, 0.25) is 5.91 Å². The number of anilines is 1. The fraction of sp³-hybridized carbons (Fsp3) is 0.632. The van der Waals surface area contributed by atoms with Crippen molar-refractivity contribution in [1.82, 2.24) is 10.2 Å². The van der Waals surface area contributed by atoms with Gasteiger partial charge in [0.1, 0.15) is 0 Å². The first kappa shape index (κ1) is 16.3. The molecule has 1 amide bonds. The summed E-state index contributed by atoms with van der Waals surface area (Å²) in [6, 6.07) is 10.9. The Hall–Kier alpha value is -1.55. The van der Waals surface area contributed by atoms with Gasteiger partial charge < -0.3 is 10.2 Å². The van der Waals surface area contributed by atoms with E-state index in [1.807, 2.05) is 0 Å². The van der Waals surface area contributed by atoms with E-state index in [0.29, 0.717) is 5.92 Å². The van der Waals surface area contributed by atoms with Gasteiger partial charge in [-0.2, -0.15) is 0 Å². The highest BCUT2D eigenvalue weighted by molar-refractivity contribution is 5.79. The van der Waals surface area contributed by atoms with E-state index in [2.05, 4.69) is 52.4 Å². The molecule has 1 heterocycles. The van der Waals surface area contributed by atoms with E-state index in [9.17, 15) is 4.79 Å². The lowest BCUT2D eigenvalue weighted by Gasteiger charge is -2.36. The third-order valence-electron chi connectivity index (χ3n) is 5.24. The van der Waals surface area contributed by atoms with Gasteiger partial charge in [0.15, 0.2) is 0 Å². The number of carbonyl (C=O) groups is 1. The average Bonchev–Trinajstić information content (AvgIpc) is 2.52. The van der Waals surface area contributed by atoms with Crippen LogP contribution in [0.25, 0.3) is 0 Å². The maximum absolute atomic E-state index is 12.0. The molecule has 2 aliphatic rings. The molecule has 0 bridgehead atoms. The van der Waals surface area contributed by atoms with Crippen molar-refractivity contribution in [3.8, 4) is 0 Å². The van der Waals surface area contributed by atoms with Gasteiger partial charge in [-0.15, -0.1) is 0 Å². The molecule has 3 rings (SSSR count). The molecular formula is C19H29N3O. The van der Waals surface area contributed by atoms with Crippen molar-refractivity contribution in [2.45, 2.75) is 38.6 Å². The Morgan fingerprint density at radius 3 is 2.48 bits per heavy atom. The van der Waals surface area contributed by atoms with E-state index in [-0.39, 0.29) is 11.9 Å². The van der Waals surface area contributed by atoms with Crippen LogP contribution in [0, 0.1) is 5.92 Å². The second kappa shape index (κ2) is 7.82. The lowest BCUT2D eigenvalue weighted by atomic mass is 9.84. The molecule has 1 saturated carbocycles. The predicted octanol–water partition coefficient (Wildman–Crippen LogP) is 2.50. The van der Waals surface area contributed by atoms with Gasteiger partial charge in [-0.25, -0.2) is 0 Å². The molecule has 2 fully saturated rings. The van der Waals surface area contributed by atoms with Crippen molar-refractivity contribution in [2.75, 3.05) is 37.6 Å². The van der Waals surface area contributed by atoms with Gasteiger partial charge in [0.05, 0.1) is 0 Å². The number of carbonyl (C=O) groups excluding carboxylic acids is 1. The van der Waals surface area contributed by atoms with Gasteiger partial charge in [0, 0.05) is 50.4 Å². The molecule has 1 aliphatic carbocycles. The summed E-state index contributed by atoms with van der Waals surface area (Å²) in [6.07, 6.45) is 4.43. The number of nitrogens with zero attached hydrogens (tertiary/aromatic N) is 2. The normalized spacial score (nSPS) is 20.8. The number of rotatable bonds is 6. The number of para-hydroxylation sites is 1. The van der Waals surface area contributed by atoms with Crippen LogP contribution < -0.4 is 10.2 Å². The average molecular weight is 315 g/mol. The summed E-state index contributed by atoms with van der Waals surface area (Å²) in [4.78, 5) is 16.9. The number of hydrogen-bond acceptors (Lipinski definition) is 3. The van der Waals surface area contributed by atoms with Crippen LogP contribution in [-0.4, -0.2) is 49.6 Å². The number of nitrogens with one attached hydrogen (secondary N) is 1. The molecule has 1 aromatic rings. The van der Waals surface area contributed by atoms with Gasteiger partial charge in [-0.05, 0) is 38.3 Å². The topological polar surface area (TPSA) is 35.6 Å². The Morgan fingerprint density at radius 2 is 1.87 bits per heavy atom. The lowest BCUT2D eigenvalue weighted by Crippen LogP contribution is -2.48. The van der Waals surface area contributed by atoms with Crippen molar-refractivity contribution in [2.24, 2.45) is 5.92 Å². The lowest BCUT2D eigenvalue weighted by molar-refractivity contribution is -0.128. The largest absolute Gasteiger partial charge is 0.369 e. The monoisotopic (exact) mass is 315 g/mol. The van der Waals surface area contributed by atoms with E-state index in [4.69, 9.17) is 0 Å². The first-order chi connectivity index (χ1) is 11.2. The Morgan fingerprint density at radius 1 is 1.17 bits per heavy atom. The Balaban J connectivity index is 1.35. The molecular weight excluding hydrogens is 286 g/mol. The summed E-state index contributed by atoms with van der Waals surface area (Å²) >= 11 is 0. The fourth-order valence-electron chi connectivity index (χ4n) is 3.35. The zero-order valence-corrected chi connectivity index (χ0v) is 14.2. The number of piperazine rings is 1. The molecule has 1 N–H and O–H groups in total. The minimum atomic E-state index is 0.276. The molecule has 0 aromatic heterocycles. The van der Waals surface area contributed by atoms with Gasteiger partial charge in [-0.1, -0.05) is 24.6 Å². The minimum absolute atomic E-state index is 0.276. The summed E-state index contributed by atoms with van der Waals surface area (Å²) in [7, 11) is 0. The second-order valence-electron chi connectivity index (χ2n) is 6.99. The maximum atomic E-state index is 12.0. The van der Waals surface area contributed by atoms with Crippen LogP contribution in [0.4, 0.5) is 5.69 Å². The van der Waals surface area contributed by atoms with Crippen LogP contribution in [0.15, 0.2) is 30.3 Å². The SMILES string of the molecule is C[C@@H](CCN1CCN(c2ccccc2)CC1)NC(=O)C1CCC1. The maximum Gasteiger partial charge on any atom is 0.223 e. The molecule has 23 heavy (non-hydrogen) atoms. The Bertz CT molecular complexity index is 493. The third kappa shape index (κ3) is 4.47. The van der Waals surface area contributed by atoms with E-state index < -0.39 is 0 Å². The molecule has 0 spiro atoms. The summed E-state index contributed by atoms with van der Waals surface area (Å²) in [5.74, 6) is 0.574. The van der Waals surface area contributed by atoms with Crippen molar-refractivity contribution in [3.63, 3.8) is 0 Å². The van der Waals surface area contributed by atoms with Crippen LogP contribution in [-0.2, 0) is 4.79 Å². The molecule has 4 nitrogen and oxygen atoms in total. The van der Waals surface area contributed by atoms with E-state index in [1.165, 1.54) is 12.1 Å². The van der Waals surface area contributed by atoms with Crippen molar-refractivity contribution < 1.29 is 4.79 Å². The molecule has 1 atom stereocenters. The zero-order chi connectivity index (χ0) is 16.1. The van der Waals surface area contributed by atoms with Crippen LogP contribution in [0.5, 0.6) is 0 Å². The van der Waals surface area contributed by atoms with Gasteiger partial charge in [-0.3, -0.25) is 9.69 Å². The van der Waals surface area contributed by atoms with E-state index >= 15 is 0 Å². The van der Waals surface area contributed by atoms with Crippen LogP contribution in [0.1, 0.15) is 32.6 Å². The van der Waals surface area contributed by atoms with E-state index in [1.54, 1.807) is 0 Å². The smallest absolute Gasteiger partial charge is 0.223 e. The third-order valence-corrected chi connectivity index (χ3v) is 5.24. The number of hydrogen-bond donors (Lipinski definition) is 1. The quantitative estimate of drug-likeness (QED) is 0.876. The van der Waals surface area contributed by atoms with Gasteiger partial charge >= 0.3 is 0 Å². The van der Waals surface area contributed by atoms with Crippen molar-refractivity contribution in [1.29, 1.82) is 0 Å². The molecule has 4 heteroatoms. The summed E-state index contributed by atoms with van der Waals surface area (Å²) in [5, 5.41) is 3.18. The van der Waals surface area contributed by atoms with Crippen LogP contribution >= 0.6 is 0 Å². The Kier molecular flexibility index (Phi) is 5.55. The zero-order valence-electron chi connectivity index (χ0n) is 14.2. The van der Waals surface area contributed by atoms with Crippen LogP contribution in [0.2, 0.25) is 0 Å². The standard InChI is InChI=1S/C19H29N3O/c1-16(20-19(23)17-6-5-7-17)10-11-21-12-14-22(15-13-21)18-8-3-2-4-9-18/h2-4,8-9,16-17H,5-7,10-15H2,1H3,(H,20,23)/t16-/m0/s1. The predicted molar refractivity (Wildman–Crippen MR) is 94.7 cm³/mol. The molecule has 0 radical (unpaired) electrons. The Labute approximate surface area is 139 Å². The molecule has 1 aliphatic heterocycles. The second-order valence-corrected chi connectivity index (χ2v) is 6.99. The highest BCUT2D eigenvalue weighted by Crippen LogP contribution is 2.26. The van der Waals surface area contributed by atoms with E-state index in [0.717, 1.165) is 52.0 Å². The van der Waals surface area contributed by atoms with Gasteiger partial charge in [0.25, 0.3) is 0 Å². The first-order valence-electron chi connectivity index (χ1n) is 9.05. The minimum Gasteiger partial charge on any atom is -0.369 e. The highest BCUT2D eigenvalue weighted by Gasteiger charge is 2.26. The molecule has 126 valence electrons. The summed E-state index contributed by atoms with van der Waals surface area (Å²) in [5.41, 5.74) is 1.33. The first-order valence-corrected chi connectivity index (χ1v) is 9.05. The highest BCUT2D eigenvalue weighted by atomic mass is 16.2. The van der Waals surface area contributed by atoms with Crippen molar-refractivity contribution in [3.05, 3.63) is 30.3 Å². The summed E-state index contributed by atoms with van der Waals surface area (Å²) in [6.45, 7) is 7.61. The van der Waals surface area contributed by atoms with Crippen LogP contribution in [0.3, 0.4) is 0 Å². The molecule has 1 aromatic carbocycles. The van der Waals surface area contributed by atoms with Crippen molar-refractivity contribution >= 4 is 11.6 Å². The molecule has 1 saturated heterocycles. The molecule has 0 unspecified atom stereocenters.